The Kier molecular flexibility index (Phi) is 5.98. The van der Waals surface area contributed by atoms with E-state index in [4.69, 9.17) is 0 Å². The Hall–Kier alpha value is 1.05. The number of hydrogen-bond acceptors (Lipinski definition) is 0. The second-order valence-electron chi connectivity index (χ2n) is 1.76. The van der Waals surface area contributed by atoms with E-state index in [1.165, 1.54) is 20.0 Å². The first kappa shape index (κ1) is 8.05. The predicted molar refractivity (Wildman–Crippen MR) is 50.0 cm³/mol. The molecule has 2 unspecified atom stereocenters. The molecule has 0 bridgehead atoms. The Balaban J connectivity index is 2.83. The molecule has 0 aromatic carbocycles. The Bertz CT molecular complexity index is 41.9. The second kappa shape index (κ2) is 5.20. The summed E-state index contributed by atoms with van der Waals surface area (Å²) in [5, 5.41) is 0. The molecule has 0 amide bonds. The van der Waals surface area contributed by atoms with Gasteiger partial charge in [0.2, 0.25) is 0 Å². The second-order valence-corrected chi connectivity index (χ2v) is 5.38. The van der Waals surface area contributed by atoms with E-state index in [-0.39, 0.29) is 0 Å². The van der Waals surface area contributed by atoms with Crippen molar-refractivity contribution >= 4 is 38.0 Å². The smallest absolute Gasteiger partial charge is 0.156 e. The third-order valence-corrected chi connectivity index (χ3v) is 4.62. The summed E-state index contributed by atoms with van der Waals surface area (Å²) in [7, 11) is 5.53. The molecule has 5 heteroatoms. The van der Waals surface area contributed by atoms with Gasteiger partial charge in [-0.15, -0.1) is 0 Å². The largest absolute Gasteiger partial charge is 0.214 e. The van der Waals surface area contributed by atoms with Gasteiger partial charge in [-0.05, 0) is 0 Å². The fourth-order valence-electron chi connectivity index (χ4n) is 0.473. The van der Waals surface area contributed by atoms with Crippen LogP contribution in [0.3, 0.4) is 0 Å². The van der Waals surface area contributed by atoms with E-state index >= 15 is 0 Å². The van der Waals surface area contributed by atoms with E-state index in [1.54, 1.807) is 0 Å². The third-order valence-electron chi connectivity index (χ3n) is 0.917. The van der Waals surface area contributed by atoms with Crippen LogP contribution in [-0.2, 0) is 0 Å². The van der Waals surface area contributed by atoms with Gasteiger partial charge in [0.15, 0.2) is 6.72 Å². The van der Waals surface area contributed by atoms with Crippen LogP contribution in [0, 0.1) is 0 Å². The molecule has 0 nitrogen and oxygen atoms in total. The number of rotatable bonds is 3. The quantitative estimate of drug-likeness (QED) is 0.370. The minimum absolute atomic E-state index is 0.385. The molecule has 0 saturated heterocycles. The van der Waals surface area contributed by atoms with Crippen molar-refractivity contribution in [1.29, 1.82) is 0 Å². The van der Waals surface area contributed by atoms with E-state index in [0.717, 1.165) is 0 Å². The normalized spacial score (nSPS) is 12.9. The summed E-state index contributed by atoms with van der Waals surface area (Å²) >= 11 is 0. The lowest BCUT2D eigenvalue weighted by molar-refractivity contribution is 1.48. The Morgan fingerprint density at radius 2 is 2.43 bits per heavy atom. The maximum absolute atomic E-state index is 2.80. The molecule has 0 fully saturated rings. The molecule has 0 N–H and O–H groups in total. The van der Waals surface area contributed by atoms with Crippen molar-refractivity contribution in [1.82, 2.24) is 0 Å². The first-order valence-electron chi connectivity index (χ1n) is 2.70. The SMILES string of the molecule is BP(BP)BCC. The van der Waals surface area contributed by atoms with Crippen LogP contribution in [0.15, 0.2) is 0 Å². The Morgan fingerprint density at radius 3 is 2.57 bits per heavy atom. The highest BCUT2D eigenvalue weighted by atomic mass is 31.1. The topological polar surface area (TPSA) is 0 Å². The monoisotopic (exact) mass is 130 g/mol. The van der Waals surface area contributed by atoms with Crippen LogP contribution >= 0.6 is 16.7 Å². The molecular weight excluding hydrogens is 118 g/mol. The molecule has 38 valence electrons. The van der Waals surface area contributed by atoms with Crippen molar-refractivity contribution in [2.45, 2.75) is 13.2 Å². The third kappa shape index (κ3) is 4.92. The Morgan fingerprint density at radius 1 is 1.86 bits per heavy atom. The van der Waals surface area contributed by atoms with Crippen LogP contribution in [0.2, 0.25) is 6.32 Å². The van der Waals surface area contributed by atoms with Crippen LogP contribution in [-0.4, -0.2) is 21.3 Å². The van der Waals surface area contributed by atoms with E-state index in [0.29, 0.717) is 7.56 Å². The van der Waals surface area contributed by atoms with Gasteiger partial charge in [0.05, 0.1) is 0 Å². The summed E-state index contributed by atoms with van der Waals surface area (Å²) in [6.07, 6.45) is 1.36. The lowest BCUT2D eigenvalue weighted by Gasteiger charge is -2.00. The molecule has 0 heterocycles. The lowest BCUT2D eigenvalue weighted by Crippen LogP contribution is -1.87. The maximum Gasteiger partial charge on any atom is 0.156 e. The van der Waals surface area contributed by atoms with Crippen molar-refractivity contribution in [3.63, 3.8) is 0 Å². The molecule has 0 saturated carbocycles. The summed E-state index contributed by atoms with van der Waals surface area (Å²) in [6.45, 7) is 5.02. The molecule has 0 aromatic rings. The molecule has 0 spiro atoms. The minimum atomic E-state index is 0.385. The first-order valence-corrected chi connectivity index (χ1v) is 5.67. The van der Waals surface area contributed by atoms with Crippen LogP contribution < -0.4 is 0 Å². The van der Waals surface area contributed by atoms with Crippen LogP contribution in [0.25, 0.3) is 0 Å². The van der Waals surface area contributed by atoms with E-state index in [9.17, 15) is 0 Å². The zero-order chi connectivity index (χ0) is 5.70. The molecule has 0 rings (SSSR count). The summed E-state index contributed by atoms with van der Waals surface area (Å²) in [6, 6.07) is 0. The summed E-state index contributed by atoms with van der Waals surface area (Å²) in [5.74, 6) is 0. The molecule has 0 aliphatic rings. The van der Waals surface area contributed by atoms with Gasteiger partial charge in [-0.25, -0.2) is 7.56 Å². The lowest BCUT2D eigenvalue weighted by atomic mass is 10.1. The zero-order valence-electron chi connectivity index (χ0n) is 5.15. The van der Waals surface area contributed by atoms with Crippen LogP contribution in [0.1, 0.15) is 6.92 Å². The van der Waals surface area contributed by atoms with E-state index in [2.05, 4.69) is 23.6 Å². The van der Waals surface area contributed by atoms with Gasteiger partial charge in [0, 0.05) is 0 Å². The van der Waals surface area contributed by atoms with Gasteiger partial charge in [-0.1, -0.05) is 13.2 Å². The van der Waals surface area contributed by atoms with Crippen molar-refractivity contribution < 1.29 is 0 Å². The van der Waals surface area contributed by atoms with E-state index < -0.39 is 0 Å². The standard InChI is InChI=1S/C2H11B3P2/c1-2-4-7(3)5-6/h4-5H,2-3,6H2,1H3. The fraction of sp³-hybridized carbons (Fsp3) is 1.00. The van der Waals surface area contributed by atoms with Gasteiger partial charge < -0.3 is 0 Å². The highest BCUT2D eigenvalue weighted by Crippen LogP contribution is 2.26. The average molecular weight is 129 g/mol. The molecule has 0 radical (unpaired) electrons. The fourth-order valence-corrected chi connectivity index (χ4v) is 1.97. The van der Waals surface area contributed by atoms with Gasteiger partial charge in [-0.2, -0.15) is 9.12 Å². The van der Waals surface area contributed by atoms with Crippen molar-refractivity contribution in [3.8, 4) is 0 Å². The molecule has 0 aromatic heterocycles. The van der Waals surface area contributed by atoms with Crippen molar-refractivity contribution in [2.24, 2.45) is 0 Å². The van der Waals surface area contributed by atoms with Crippen molar-refractivity contribution in [3.05, 3.63) is 0 Å². The van der Waals surface area contributed by atoms with Crippen LogP contribution in [0.5, 0.6) is 0 Å². The maximum atomic E-state index is 2.80. The predicted octanol–water partition coefficient (Wildman–Crippen LogP) is -0.0523. The molecule has 0 aliphatic heterocycles. The minimum Gasteiger partial charge on any atom is -0.214 e. The molecule has 2 atom stereocenters. The van der Waals surface area contributed by atoms with Crippen LogP contribution in [0.4, 0.5) is 0 Å². The number of hydrogen-bond donors (Lipinski definition) is 0. The highest BCUT2D eigenvalue weighted by molar-refractivity contribution is 8.29. The van der Waals surface area contributed by atoms with Gasteiger partial charge in [-0.3, -0.25) is 0 Å². The van der Waals surface area contributed by atoms with Gasteiger partial charge >= 0.3 is 0 Å². The summed E-state index contributed by atoms with van der Waals surface area (Å²) in [4.78, 5) is 0. The van der Waals surface area contributed by atoms with E-state index in [1.807, 2.05) is 0 Å². The molecule has 7 heavy (non-hydrogen) atoms. The zero-order valence-corrected chi connectivity index (χ0v) is 7.20. The Labute approximate surface area is 51.9 Å². The molecular formula is C2H11B3P2. The molecule has 0 aliphatic carbocycles. The van der Waals surface area contributed by atoms with Gasteiger partial charge in [0.25, 0.3) is 0 Å². The highest BCUT2D eigenvalue weighted by Gasteiger charge is 1.95. The van der Waals surface area contributed by atoms with Gasteiger partial charge in [0.1, 0.15) is 14.6 Å². The van der Waals surface area contributed by atoms with Crippen molar-refractivity contribution in [2.75, 3.05) is 0 Å². The summed E-state index contributed by atoms with van der Waals surface area (Å²) in [5.41, 5.74) is 0. The first-order chi connectivity index (χ1) is 3.31. The average Bonchev–Trinajstić information content (AvgIpc) is 1.68. The summed E-state index contributed by atoms with van der Waals surface area (Å²) < 4.78 is 0.